The third kappa shape index (κ3) is 3.34. The number of morpholine rings is 1. The highest BCUT2D eigenvalue weighted by atomic mass is 16.6. The predicted molar refractivity (Wildman–Crippen MR) is 111 cm³/mol. The van der Waals surface area contributed by atoms with Crippen molar-refractivity contribution in [2.45, 2.75) is 43.9 Å². The Morgan fingerprint density at radius 2 is 1.73 bits per heavy atom. The van der Waals surface area contributed by atoms with E-state index in [2.05, 4.69) is 4.90 Å². The number of hydrogen-bond acceptors (Lipinski definition) is 6. The molecule has 1 atom stereocenters. The summed E-state index contributed by atoms with van der Waals surface area (Å²) in [5.41, 5.74) is 0.247. The number of phenolic OH excluding ortho intramolecular Hbond substituents is 1. The Hall–Kier alpha value is -2.57. The molecule has 6 nitrogen and oxygen atoms in total. The van der Waals surface area contributed by atoms with Gasteiger partial charge in [-0.1, -0.05) is 36.8 Å². The number of carbonyl (C=O) groups is 1. The second kappa shape index (κ2) is 7.93. The zero-order valence-electron chi connectivity index (χ0n) is 17.0. The predicted octanol–water partition coefficient (Wildman–Crippen LogP) is 3.76. The molecular formula is C24H27NO5. The van der Waals surface area contributed by atoms with E-state index in [4.69, 9.17) is 14.2 Å². The van der Waals surface area contributed by atoms with E-state index in [-0.39, 0.29) is 23.3 Å². The van der Waals surface area contributed by atoms with Crippen molar-refractivity contribution in [3.63, 3.8) is 0 Å². The maximum atomic E-state index is 13.0. The molecule has 1 spiro atoms. The lowest BCUT2D eigenvalue weighted by molar-refractivity contribution is -0.171. The lowest BCUT2D eigenvalue weighted by Gasteiger charge is -2.50. The second-order valence-corrected chi connectivity index (χ2v) is 8.33. The summed E-state index contributed by atoms with van der Waals surface area (Å²) >= 11 is 0. The van der Waals surface area contributed by atoms with Crippen molar-refractivity contribution in [2.24, 2.45) is 0 Å². The number of hydrogen-bond donors (Lipinski definition) is 1. The lowest BCUT2D eigenvalue weighted by atomic mass is 9.81. The molecule has 158 valence electrons. The van der Waals surface area contributed by atoms with Crippen molar-refractivity contribution in [3.8, 4) is 17.2 Å². The number of nitrogens with zero attached hydrogens (tertiary/aromatic N) is 1. The maximum absolute atomic E-state index is 13.0. The van der Waals surface area contributed by atoms with Gasteiger partial charge in [-0.05, 0) is 37.8 Å². The summed E-state index contributed by atoms with van der Waals surface area (Å²) in [7, 11) is 0. The van der Waals surface area contributed by atoms with E-state index >= 15 is 0 Å². The van der Waals surface area contributed by atoms with Gasteiger partial charge in [-0.15, -0.1) is 0 Å². The van der Waals surface area contributed by atoms with Crippen LogP contribution in [0.3, 0.4) is 0 Å². The Bertz CT molecular complexity index is 917. The van der Waals surface area contributed by atoms with Gasteiger partial charge in [0.15, 0.2) is 29.1 Å². The highest BCUT2D eigenvalue weighted by Crippen LogP contribution is 2.50. The molecule has 3 aliphatic rings. The first kappa shape index (κ1) is 19.4. The minimum atomic E-state index is -0.519. The standard InChI is InChI=1S/C24H27NO5/c26-20(17-7-3-1-4-8-17)18-9-10-19-22(21(18)27)30-24(11-5-2-6-12-24)23(29-19)25-13-15-28-16-14-25/h1,3-4,7-10,23,27H,2,5-6,11-16H2. The molecule has 2 aromatic carbocycles. The quantitative estimate of drug-likeness (QED) is 0.779. The number of carbonyl (C=O) groups excluding carboxylic acids is 1. The normalized spacial score (nSPS) is 23.3. The molecule has 1 unspecified atom stereocenters. The van der Waals surface area contributed by atoms with Crippen LogP contribution in [0, 0.1) is 0 Å². The van der Waals surface area contributed by atoms with E-state index in [0.29, 0.717) is 30.3 Å². The molecule has 30 heavy (non-hydrogen) atoms. The van der Waals surface area contributed by atoms with Gasteiger partial charge in [0, 0.05) is 18.7 Å². The van der Waals surface area contributed by atoms with Gasteiger partial charge in [0.05, 0.1) is 18.8 Å². The summed E-state index contributed by atoms with van der Waals surface area (Å²) in [6.07, 6.45) is 4.80. The van der Waals surface area contributed by atoms with Gasteiger partial charge in [0.1, 0.15) is 0 Å². The van der Waals surface area contributed by atoms with Crippen LogP contribution in [0.5, 0.6) is 17.2 Å². The molecule has 1 saturated heterocycles. The van der Waals surface area contributed by atoms with Crippen molar-refractivity contribution in [1.82, 2.24) is 4.90 Å². The summed E-state index contributed by atoms with van der Waals surface area (Å²) in [4.78, 5) is 15.2. The summed E-state index contributed by atoms with van der Waals surface area (Å²) in [5, 5.41) is 11.0. The third-order valence-electron chi connectivity index (χ3n) is 6.45. The van der Waals surface area contributed by atoms with Crippen LogP contribution in [-0.4, -0.2) is 53.9 Å². The average Bonchev–Trinajstić information content (AvgIpc) is 2.81. The molecule has 1 N–H and O–H groups in total. The summed E-state index contributed by atoms with van der Waals surface area (Å²) in [6, 6.07) is 12.3. The van der Waals surface area contributed by atoms with Crippen molar-refractivity contribution in [2.75, 3.05) is 26.3 Å². The van der Waals surface area contributed by atoms with Gasteiger partial charge in [-0.3, -0.25) is 9.69 Å². The zero-order valence-corrected chi connectivity index (χ0v) is 17.0. The fourth-order valence-corrected chi connectivity index (χ4v) is 4.87. The average molecular weight is 409 g/mol. The Balaban J connectivity index is 1.52. The van der Waals surface area contributed by atoms with E-state index in [9.17, 15) is 9.90 Å². The highest BCUT2D eigenvalue weighted by molar-refractivity contribution is 6.11. The second-order valence-electron chi connectivity index (χ2n) is 8.33. The van der Waals surface area contributed by atoms with Crippen LogP contribution < -0.4 is 9.47 Å². The molecule has 5 rings (SSSR count). The maximum Gasteiger partial charge on any atom is 0.204 e. The van der Waals surface area contributed by atoms with Crippen LogP contribution >= 0.6 is 0 Å². The molecule has 2 aliphatic heterocycles. The van der Waals surface area contributed by atoms with Gasteiger partial charge >= 0.3 is 0 Å². The van der Waals surface area contributed by atoms with Crippen LogP contribution in [-0.2, 0) is 4.74 Å². The summed E-state index contributed by atoms with van der Waals surface area (Å²) in [6.45, 7) is 2.94. The van der Waals surface area contributed by atoms with Crippen LogP contribution in [0.25, 0.3) is 0 Å². The number of aromatic hydroxyl groups is 1. The van der Waals surface area contributed by atoms with Crippen molar-refractivity contribution in [3.05, 3.63) is 53.6 Å². The van der Waals surface area contributed by atoms with Crippen LogP contribution in [0.4, 0.5) is 0 Å². The number of ketones is 1. The first-order valence-electron chi connectivity index (χ1n) is 10.8. The molecule has 1 saturated carbocycles. The van der Waals surface area contributed by atoms with Gasteiger partial charge in [-0.25, -0.2) is 0 Å². The van der Waals surface area contributed by atoms with Gasteiger partial charge in [0.25, 0.3) is 0 Å². The highest BCUT2D eigenvalue weighted by Gasteiger charge is 2.51. The topological polar surface area (TPSA) is 68.2 Å². The molecule has 6 heteroatoms. The number of ether oxygens (including phenoxy) is 3. The molecule has 2 fully saturated rings. The van der Waals surface area contributed by atoms with Crippen molar-refractivity contribution in [1.29, 1.82) is 0 Å². The van der Waals surface area contributed by atoms with E-state index < -0.39 is 5.60 Å². The molecular weight excluding hydrogens is 382 g/mol. The number of phenols is 1. The molecule has 2 aromatic rings. The van der Waals surface area contributed by atoms with Crippen molar-refractivity contribution >= 4 is 5.78 Å². The van der Waals surface area contributed by atoms with Gasteiger partial charge in [0.2, 0.25) is 5.75 Å². The molecule has 1 aliphatic carbocycles. The summed E-state index contributed by atoms with van der Waals surface area (Å²) < 4.78 is 18.6. The van der Waals surface area contributed by atoms with Gasteiger partial charge < -0.3 is 19.3 Å². The fourth-order valence-electron chi connectivity index (χ4n) is 4.87. The Morgan fingerprint density at radius 1 is 1.00 bits per heavy atom. The summed E-state index contributed by atoms with van der Waals surface area (Å²) in [5.74, 6) is 0.423. The third-order valence-corrected chi connectivity index (χ3v) is 6.45. The molecule has 0 bridgehead atoms. The van der Waals surface area contributed by atoms with E-state index in [1.807, 2.05) is 18.2 Å². The zero-order chi connectivity index (χ0) is 20.6. The first-order valence-corrected chi connectivity index (χ1v) is 10.8. The fraction of sp³-hybridized carbons (Fsp3) is 0.458. The molecule has 0 aromatic heterocycles. The molecule has 2 heterocycles. The van der Waals surface area contributed by atoms with Crippen LogP contribution in [0.15, 0.2) is 42.5 Å². The minimum Gasteiger partial charge on any atom is -0.504 e. The van der Waals surface area contributed by atoms with E-state index in [0.717, 1.165) is 38.8 Å². The largest absolute Gasteiger partial charge is 0.504 e. The number of benzene rings is 2. The van der Waals surface area contributed by atoms with Crippen LogP contribution in [0.1, 0.15) is 48.0 Å². The van der Waals surface area contributed by atoms with Crippen LogP contribution in [0.2, 0.25) is 0 Å². The monoisotopic (exact) mass is 409 g/mol. The Morgan fingerprint density at radius 3 is 2.47 bits per heavy atom. The lowest BCUT2D eigenvalue weighted by Crippen LogP contribution is -2.63. The van der Waals surface area contributed by atoms with E-state index in [1.165, 1.54) is 6.42 Å². The van der Waals surface area contributed by atoms with Gasteiger partial charge in [-0.2, -0.15) is 0 Å². The smallest absolute Gasteiger partial charge is 0.204 e. The first-order chi connectivity index (χ1) is 14.7. The molecule has 0 amide bonds. The Labute approximate surface area is 176 Å². The number of fused-ring (bicyclic) bond motifs is 1. The minimum absolute atomic E-state index is 0.133. The SMILES string of the molecule is O=C(c1ccccc1)c1ccc2c(c1O)OC1(CCCCC1)C(N1CCOCC1)O2. The van der Waals surface area contributed by atoms with Crippen molar-refractivity contribution < 1.29 is 24.1 Å². The Kier molecular flexibility index (Phi) is 5.13. The molecule has 0 radical (unpaired) electrons. The number of rotatable bonds is 3. The van der Waals surface area contributed by atoms with E-state index in [1.54, 1.807) is 24.3 Å².